The number of carbonyl (C=O) groups is 2. The number of rotatable bonds is 33. The van der Waals surface area contributed by atoms with E-state index in [1.165, 1.54) is 135 Å². The second-order valence-corrected chi connectivity index (χ2v) is 12.5. The average molecular weight is 604 g/mol. The predicted molar refractivity (Wildman–Crippen MR) is 185 cm³/mol. The van der Waals surface area contributed by atoms with Crippen molar-refractivity contribution in [2.75, 3.05) is 0 Å². The van der Waals surface area contributed by atoms with E-state index < -0.39 is 6.10 Å². The summed E-state index contributed by atoms with van der Waals surface area (Å²) in [7, 11) is 0. The summed E-state index contributed by atoms with van der Waals surface area (Å²) in [5, 5.41) is 0. The number of unbranched alkanes of at least 4 members (excludes halogenated alkanes) is 22. The molecule has 1 unspecified atom stereocenters. The molecular formula is C39H71O4. The molecule has 0 heterocycles. The Hall–Kier alpha value is -1.58. The molecule has 4 nitrogen and oxygen atoms in total. The van der Waals surface area contributed by atoms with Crippen molar-refractivity contribution in [1.29, 1.82) is 0 Å². The first kappa shape index (κ1) is 41.4. The van der Waals surface area contributed by atoms with E-state index in [1.54, 1.807) is 6.92 Å². The summed E-state index contributed by atoms with van der Waals surface area (Å²) in [5.74, 6) is -0.451. The smallest absolute Gasteiger partial charge is 0.306 e. The SMILES string of the molecule is CCCCCCCC/C=C\CCCCCCCC(=O)O[CH]C(C)OC(=O)CCCCCCC/C=C\CCCCCCCC. The molecule has 4 heteroatoms. The van der Waals surface area contributed by atoms with Gasteiger partial charge in [0, 0.05) is 12.8 Å². The van der Waals surface area contributed by atoms with E-state index in [-0.39, 0.29) is 11.9 Å². The lowest BCUT2D eigenvalue weighted by Crippen LogP contribution is -2.18. The minimum absolute atomic E-state index is 0.213. The minimum atomic E-state index is -0.506. The Kier molecular flexibility index (Phi) is 33.6. The molecule has 1 atom stereocenters. The third-order valence-electron chi connectivity index (χ3n) is 7.99. The van der Waals surface area contributed by atoms with Crippen LogP contribution in [0.25, 0.3) is 0 Å². The van der Waals surface area contributed by atoms with Crippen molar-refractivity contribution in [3.05, 3.63) is 30.9 Å². The Labute approximate surface area is 268 Å². The molecule has 0 saturated carbocycles. The number of ether oxygens (including phenoxy) is 2. The Morgan fingerprint density at radius 3 is 1.19 bits per heavy atom. The molecule has 0 N–H and O–H groups in total. The van der Waals surface area contributed by atoms with Crippen LogP contribution >= 0.6 is 0 Å². The van der Waals surface area contributed by atoms with Gasteiger partial charge in [0.2, 0.25) is 0 Å². The summed E-state index contributed by atoms with van der Waals surface area (Å²) in [6.07, 6.45) is 41.9. The van der Waals surface area contributed by atoms with Crippen molar-refractivity contribution < 1.29 is 19.1 Å². The first-order chi connectivity index (χ1) is 21.1. The molecule has 0 rings (SSSR count). The van der Waals surface area contributed by atoms with Crippen molar-refractivity contribution in [3.63, 3.8) is 0 Å². The monoisotopic (exact) mass is 604 g/mol. The number of hydrogen-bond acceptors (Lipinski definition) is 4. The zero-order valence-electron chi connectivity index (χ0n) is 28.9. The van der Waals surface area contributed by atoms with E-state index in [1.807, 2.05) is 0 Å². The van der Waals surface area contributed by atoms with Crippen LogP contribution in [0.3, 0.4) is 0 Å². The van der Waals surface area contributed by atoms with Crippen LogP contribution in [-0.2, 0) is 19.1 Å². The van der Waals surface area contributed by atoms with Gasteiger partial charge in [0.1, 0.15) is 6.10 Å². The number of allylic oxidation sites excluding steroid dienone is 4. The van der Waals surface area contributed by atoms with Gasteiger partial charge in [0.25, 0.3) is 0 Å². The van der Waals surface area contributed by atoms with Crippen LogP contribution in [0.15, 0.2) is 24.3 Å². The van der Waals surface area contributed by atoms with Crippen molar-refractivity contribution in [2.45, 2.75) is 207 Å². The van der Waals surface area contributed by atoms with Gasteiger partial charge in [-0.2, -0.15) is 0 Å². The zero-order valence-corrected chi connectivity index (χ0v) is 28.9. The van der Waals surface area contributed by atoms with Gasteiger partial charge in [-0.3, -0.25) is 9.59 Å². The molecule has 0 aromatic heterocycles. The summed E-state index contributed by atoms with van der Waals surface area (Å²) in [6.45, 7) is 7.63. The highest BCUT2D eigenvalue weighted by molar-refractivity contribution is 5.70. The third-order valence-corrected chi connectivity index (χ3v) is 7.99. The molecule has 0 fully saturated rings. The van der Waals surface area contributed by atoms with E-state index in [2.05, 4.69) is 38.2 Å². The highest BCUT2D eigenvalue weighted by Gasteiger charge is 2.13. The topological polar surface area (TPSA) is 52.6 Å². The normalized spacial score (nSPS) is 12.3. The molecule has 0 aliphatic carbocycles. The summed E-state index contributed by atoms with van der Waals surface area (Å²) < 4.78 is 10.6. The molecule has 0 spiro atoms. The molecule has 43 heavy (non-hydrogen) atoms. The molecule has 0 aliphatic rings. The van der Waals surface area contributed by atoms with Gasteiger partial charge >= 0.3 is 11.9 Å². The highest BCUT2D eigenvalue weighted by Crippen LogP contribution is 2.13. The second kappa shape index (κ2) is 34.9. The maximum Gasteiger partial charge on any atom is 0.306 e. The molecule has 0 aliphatic heterocycles. The maximum atomic E-state index is 12.1. The van der Waals surface area contributed by atoms with Gasteiger partial charge in [-0.15, -0.1) is 0 Å². The van der Waals surface area contributed by atoms with Crippen LogP contribution in [0, 0.1) is 6.61 Å². The summed E-state index contributed by atoms with van der Waals surface area (Å²) in [5.41, 5.74) is 0. The molecule has 251 valence electrons. The number of hydrogen-bond donors (Lipinski definition) is 0. The standard InChI is InChI=1S/C39H71O4/c1-4-6-8-10-12-14-16-18-20-22-24-26-28-30-32-34-38(40)42-36-37(3)43-39(41)35-33-31-29-27-25-23-21-19-17-15-13-11-9-7-5-2/h18-21,36-37H,4-17,22-35H2,1-3H3/b20-18-,21-19-. The summed E-state index contributed by atoms with van der Waals surface area (Å²) >= 11 is 0. The van der Waals surface area contributed by atoms with Crippen LogP contribution in [0.5, 0.6) is 0 Å². The fourth-order valence-corrected chi connectivity index (χ4v) is 5.20. The number of esters is 2. The van der Waals surface area contributed by atoms with Crippen molar-refractivity contribution >= 4 is 11.9 Å². The Balaban J connectivity index is 3.46. The lowest BCUT2D eigenvalue weighted by atomic mass is 10.1. The molecule has 0 bridgehead atoms. The van der Waals surface area contributed by atoms with E-state index >= 15 is 0 Å². The summed E-state index contributed by atoms with van der Waals surface area (Å²) in [4.78, 5) is 24.1. The highest BCUT2D eigenvalue weighted by atomic mass is 16.6. The van der Waals surface area contributed by atoms with Gasteiger partial charge in [-0.05, 0) is 71.1 Å². The van der Waals surface area contributed by atoms with E-state index in [0.717, 1.165) is 38.5 Å². The average Bonchev–Trinajstić information content (AvgIpc) is 3.00. The summed E-state index contributed by atoms with van der Waals surface area (Å²) in [6, 6.07) is 0. The van der Waals surface area contributed by atoms with Crippen molar-refractivity contribution in [2.24, 2.45) is 0 Å². The first-order valence-corrected chi connectivity index (χ1v) is 18.6. The second-order valence-electron chi connectivity index (χ2n) is 12.5. The molecular weight excluding hydrogens is 532 g/mol. The zero-order chi connectivity index (χ0) is 31.5. The Morgan fingerprint density at radius 2 is 0.791 bits per heavy atom. The van der Waals surface area contributed by atoms with Gasteiger partial charge in [0.05, 0.1) is 0 Å². The van der Waals surface area contributed by atoms with Crippen LogP contribution in [0.4, 0.5) is 0 Å². The van der Waals surface area contributed by atoms with Gasteiger partial charge < -0.3 is 9.47 Å². The maximum absolute atomic E-state index is 12.1. The fourth-order valence-electron chi connectivity index (χ4n) is 5.20. The quantitative estimate of drug-likeness (QED) is 0.0425. The molecule has 0 saturated heterocycles. The molecule has 1 radical (unpaired) electrons. The lowest BCUT2D eigenvalue weighted by Gasteiger charge is -2.13. The van der Waals surface area contributed by atoms with Gasteiger partial charge in [-0.1, -0.05) is 141 Å². The van der Waals surface area contributed by atoms with Crippen LogP contribution < -0.4 is 0 Å². The van der Waals surface area contributed by atoms with E-state index in [0.29, 0.717) is 12.8 Å². The Morgan fingerprint density at radius 1 is 0.465 bits per heavy atom. The van der Waals surface area contributed by atoms with Crippen LogP contribution in [0.2, 0.25) is 0 Å². The predicted octanol–water partition coefficient (Wildman–Crippen LogP) is 12.7. The number of carbonyl (C=O) groups excluding carboxylic acids is 2. The van der Waals surface area contributed by atoms with E-state index in [9.17, 15) is 9.59 Å². The fraction of sp³-hybridized carbons (Fsp3) is 0.821. The third kappa shape index (κ3) is 34.8. The lowest BCUT2D eigenvalue weighted by molar-refractivity contribution is -0.153. The molecule has 0 amide bonds. The van der Waals surface area contributed by atoms with Gasteiger partial charge in [-0.25, -0.2) is 0 Å². The minimum Gasteiger partial charge on any atom is -0.459 e. The molecule has 0 aromatic rings. The Bertz CT molecular complexity index is 654. The van der Waals surface area contributed by atoms with E-state index in [4.69, 9.17) is 9.47 Å². The van der Waals surface area contributed by atoms with Crippen LogP contribution in [0.1, 0.15) is 201 Å². The molecule has 0 aromatic carbocycles. The van der Waals surface area contributed by atoms with Crippen molar-refractivity contribution in [1.82, 2.24) is 0 Å². The van der Waals surface area contributed by atoms with Gasteiger partial charge in [0.15, 0.2) is 6.61 Å². The first-order valence-electron chi connectivity index (χ1n) is 18.6. The van der Waals surface area contributed by atoms with Crippen LogP contribution in [-0.4, -0.2) is 18.0 Å². The van der Waals surface area contributed by atoms with Crippen molar-refractivity contribution in [3.8, 4) is 0 Å². The largest absolute Gasteiger partial charge is 0.459 e.